The third-order valence-electron chi connectivity index (χ3n) is 6.83. The smallest absolute Gasteiger partial charge is 0.355 e. The lowest BCUT2D eigenvalue weighted by atomic mass is 9.53. The average molecular weight is 366 g/mol. The molecule has 1 amide bonds. The molecular formula is C22H26N2O3. The van der Waals surface area contributed by atoms with Crippen LogP contribution in [-0.2, 0) is 9.53 Å². The molecule has 1 heterocycles. The van der Waals surface area contributed by atoms with Crippen molar-refractivity contribution in [3.05, 3.63) is 36.0 Å². The fraction of sp³-hybridized carbons (Fsp3) is 0.545. The highest BCUT2D eigenvalue weighted by molar-refractivity contribution is 5.96. The summed E-state index contributed by atoms with van der Waals surface area (Å²) in [5.41, 5.74) is 1.20. The van der Waals surface area contributed by atoms with E-state index in [-0.39, 0.29) is 11.4 Å². The highest BCUT2D eigenvalue weighted by Gasteiger charge is 2.51. The van der Waals surface area contributed by atoms with Crippen LogP contribution in [0, 0.1) is 17.8 Å². The molecule has 4 fully saturated rings. The van der Waals surface area contributed by atoms with Gasteiger partial charge in [-0.3, -0.25) is 4.79 Å². The highest BCUT2D eigenvalue weighted by atomic mass is 16.5. The first-order valence-corrected chi connectivity index (χ1v) is 10.1. The van der Waals surface area contributed by atoms with Gasteiger partial charge in [0.05, 0.1) is 0 Å². The van der Waals surface area contributed by atoms with Crippen molar-refractivity contribution in [3.8, 4) is 0 Å². The minimum absolute atomic E-state index is 0.0619. The number of ether oxygens (including phenoxy) is 1. The number of esters is 1. The number of carbonyl (C=O) groups excluding carboxylic acids is 2. The number of rotatable bonds is 4. The number of aromatic nitrogens is 1. The Morgan fingerprint density at radius 1 is 1.11 bits per heavy atom. The molecule has 4 saturated carbocycles. The molecule has 1 aromatic carbocycles. The summed E-state index contributed by atoms with van der Waals surface area (Å²) in [5.74, 6) is 1.64. The number of amides is 1. The molecule has 4 aliphatic carbocycles. The number of aromatic amines is 1. The molecule has 5 heteroatoms. The van der Waals surface area contributed by atoms with E-state index >= 15 is 0 Å². The topological polar surface area (TPSA) is 71.2 Å². The van der Waals surface area contributed by atoms with Crippen LogP contribution in [0.5, 0.6) is 0 Å². The van der Waals surface area contributed by atoms with Crippen LogP contribution in [0.2, 0.25) is 0 Å². The summed E-state index contributed by atoms with van der Waals surface area (Å²) in [6.07, 6.45) is 6.48. The number of nitrogens with one attached hydrogen (secondary N) is 2. The van der Waals surface area contributed by atoms with Crippen LogP contribution in [0.15, 0.2) is 30.3 Å². The summed E-state index contributed by atoms with van der Waals surface area (Å²) >= 11 is 0. The van der Waals surface area contributed by atoms with Gasteiger partial charge in [0, 0.05) is 16.4 Å². The molecular weight excluding hydrogens is 340 g/mol. The fourth-order valence-corrected chi connectivity index (χ4v) is 6.09. The summed E-state index contributed by atoms with van der Waals surface area (Å²) in [4.78, 5) is 28.3. The predicted octanol–water partition coefficient (Wildman–Crippen LogP) is 3.80. The van der Waals surface area contributed by atoms with Crippen LogP contribution in [0.4, 0.5) is 0 Å². The maximum Gasteiger partial charge on any atom is 0.355 e. The zero-order chi connectivity index (χ0) is 18.6. The monoisotopic (exact) mass is 366 g/mol. The van der Waals surface area contributed by atoms with Gasteiger partial charge in [-0.2, -0.15) is 0 Å². The largest absolute Gasteiger partial charge is 0.448 e. The third kappa shape index (κ3) is 3.03. The van der Waals surface area contributed by atoms with Crippen LogP contribution < -0.4 is 5.32 Å². The molecule has 1 atom stereocenters. The maximum absolute atomic E-state index is 12.8. The van der Waals surface area contributed by atoms with Crippen molar-refractivity contribution in [1.29, 1.82) is 0 Å². The van der Waals surface area contributed by atoms with Gasteiger partial charge in [0.1, 0.15) is 5.69 Å². The van der Waals surface area contributed by atoms with Gasteiger partial charge in [0.2, 0.25) is 0 Å². The maximum atomic E-state index is 12.8. The molecule has 0 unspecified atom stereocenters. The molecule has 142 valence electrons. The number of hydrogen-bond donors (Lipinski definition) is 2. The Hall–Kier alpha value is -2.30. The average Bonchev–Trinajstić information content (AvgIpc) is 3.04. The van der Waals surface area contributed by atoms with Gasteiger partial charge in [-0.1, -0.05) is 18.2 Å². The van der Waals surface area contributed by atoms with Crippen LogP contribution in [0.3, 0.4) is 0 Å². The molecule has 5 nitrogen and oxygen atoms in total. The van der Waals surface area contributed by atoms with E-state index in [1.807, 2.05) is 24.3 Å². The van der Waals surface area contributed by atoms with E-state index in [1.165, 1.54) is 19.3 Å². The normalized spacial score (nSPS) is 32.4. The Bertz CT molecular complexity index is 832. The molecule has 0 radical (unpaired) electrons. The Morgan fingerprint density at radius 2 is 1.74 bits per heavy atom. The second kappa shape index (κ2) is 6.11. The number of H-pyrrole nitrogens is 1. The molecule has 27 heavy (non-hydrogen) atoms. The Kier molecular flexibility index (Phi) is 3.81. The summed E-state index contributed by atoms with van der Waals surface area (Å²) in [6, 6.07) is 9.45. The minimum Gasteiger partial charge on any atom is -0.448 e. The molecule has 4 aliphatic rings. The lowest BCUT2D eigenvalue weighted by Crippen LogP contribution is -2.61. The van der Waals surface area contributed by atoms with E-state index in [4.69, 9.17) is 4.74 Å². The quantitative estimate of drug-likeness (QED) is 0.809. The first kappa shape index (κ1) is 16.8. The Balaban J connectivity index is 1.25. The van der Waals surface area contributed by atoms with Crippen LogP contribution in [0.1, 0.15) is 55.9 Å². The van der Waals surface area contributed by atoms with Crippen molar-refractivity contribution in [3.63, 3.8) is 0 Å². The molecule has 6 rings (SSSR count). The van der Waals surface area contributed by atoms with Crippen molar-refractivity contribution >= 4 is 22.8 Å². The van der Waals surface area contributed by atoms with Gasteiger partial charge in [0.25, 0.3) is 5.91 Å². The van der Waals surface area contributed by atoms with Crippen molar-refractivity contribution in [2.75, 3.05) is 0 Å². The second-order valence-electron chi connectivity index (χ2n) is 9.00. The van der Waals surface area contributed by atoms with Gasteiger partial charge in [-0.25, -0.2) is 4.79 Å². The zero-order valence-electron chi connectivity index (χ0n) is 15.7. The van der Waals surface area contributed by atoms with E-state index in [9.17, 15) is 9.59 Å². The van der Waals surface area contributed by atoms with Crippen LogP contribution in [-0.4, -0.2) is 28.5 Å². The van der Waals surface area contributed by atoms with Crippen LogP contribution >= 0.6 is 0 Å². The fourth-order valence-electron chi connectivity index (χ4n) is 6.09. The Labute approximate surface area is 158 Å². The molecule has 0 spiro atoms. The molecule has 0 saturated heterocycles. The summed E-state index contributed by atoms with van der Waals surface area (Å²) in [6.45, 7) is 1.66. The minimum atomic E-state index is -0.795. The number of carbonyl (C=O) groups is 2. The first-order valence-electron chi connectivity index (χ1n) is 10.1. The van der Waals surface area contributed by atoms with Gasteiger partial charge in [0.15, 0.2) is 6.10 Å². The lowest BCUT2D eigenvalue weighted by molar-refractivity contribution is -0.134. The van der Waals surface area contributed by atoms with Gasteiger partial charge < -0.3 is 15.0 Å². The van der Waals surface area contributed by atoms with Crippen molar-refractivity contribution in [2.45, 2.75) is 57.1 Å². The van der Waals surface area contributed by atoms with Crippen LogP contribution in [0.25, 0.3) is 10.9 Å². The molecule has 0 aliphatic heterocycles. The lowest BCUT2D eigenvalue weighted by Gasteiger charge is -2.57. The predicted molar refractivity (Wildman–Crippen MR) is 102 cm³/mol. The van der Waals surface area contributed by atoms with Gasteiger partial charge in [-0.05, 0) is 75.3 Å². The summed E-state index contributed by atoms with van der Waals surface area (Å²) in [7, 11) is 0. The SMILES string of the molecule is C[C@H](OC(=O)c1cc2ccccc2[nH]1)C(=O)NC12CC3CC(CC(C3)C1)C2. The number of hydrogen-bond acceptors (Lipinski definition) is 3. The van der Waals surface area contributed by atoms with E-state index in [0.717, 1.165) is 47.9 Å². The molecule has 2 aromatic rings. The van der Waals surface area contributed by atoms with E-state index in [0.29, 0.717) is 5.69 Å². The standard InChI is InChI=1S/C22H26N2O3/c1-13(27-21(26)19-9-17-4-2-3-5-18(17)23-19)20(25)24-22-10-14-6-15(11-22)8-16(7-14)12-22/h2-5,9,13-16,23H,6-8,10-12H2,1H3,(H,24,25)/t13-,14?,15?,16?,22?/m0/s1. The number of benzene rings is 1. The van der Waals surface area contributed by atoms with E-state index < -0.39 is 12.1 Å². The van der Waals surface area contributed by atoms with E-state index in [2.05, 4.69) is 10.3 Å². The first-order chi connectivity index (χ1) is 13.0. The summed E-state index contributed by atoms with van der Waals surface area (Å²) < 4.78 is 5.46. The van der Waals surface area contributed by atoms with E-state index in [1.54, 1.807) is 13.0 Å². The van der Waals surface area contributed by atoms with Crippen molar-refractivity contribution < 1.29 is 14.3 Å². The number of fused-ring (bicyclic) bond motifs is 1. The van der Waals surface area contributed by atoms with Crippen molar-refractivity contribution in [1.82, 2.24) is 10.3 Å². The number of para-hydroxylation sites is 1. The molecule has 4 bridgehead atoms. The molecule has 1 aromatic heterocycles. The van der Waals surface area contributed by atoms with Gasteiger partial charge in [-0.15, -0.1) is 0 Å². The molecule has 2 N–H and O–H groups in total. The second-order valence-corrected chi connectivity index (χ2v) is 9.00. The zero-order valence-corrected chi connectivity index (χ0v) is 15.7. The third-order valence-corrected chi connectivity index (χ3v) is 6.83. The van der Waals surface area contributed by atoms with Gasteiger partial charge >= 0.3 is 5.97 Å². The summed E-state index contributed by atoms with van der Waals surface area (Å²) in [5, 5.41) is 4.24. The van der Waals surface area contributed by atoms with Crippen molar-refractivity contribution in [2.24, 2.45) is 17.8 Å². The highest BCUT2D eigenvalue weighted by Crippen LogP contribution is 2.55. The Morgan fingerprint density at radius 3 is 2.37 bits per heavy atom.